The van der Waals surface area contributed by atoms with Crippen molar-refractivity contribution in [1.82, 2.24) is 0 Å². The SMILES string of the molecule is CC(CO)c1cc2ccccc2o1. The molecule has 0 aliphatic rings. The number of rotatable bonds is 2. The molecule has 2 rings (SSSR count). The predicted octanol–water partition coefficient (Wildman–Crippen LogP) is 2.53. The van der Waals surface area contributed by atoms with Crippen molar-refractivity contribution in [3.8, 4) is 0 Å². The molecule has 0 aliphatic carbocycles. The van der Waals surface area contributed by atoms with Crippen LogP contribution in [0, 0.1) is 0 Å². The van der Waals surface area contributed by atoms with Gasteiger partial charge in [-0.05, 0) is 12.1 Å². The molecular formula is C11H12O2. The average molecular weight is 176 g/mol. The Hall–Kier alpha value is -1.28. The van der Waals surface area contributed by atoms with Gasteiger partial charge in [0.15, 0.2) is 0 Å². The summed E-state index contributed by atoms with van der Waals surface area (Å²) in [6, 6.07) is 9.84. The quantitative estimate of drug-likeness (QED) is 0.762. The van der Waals surface area contributed by atoms with Crippen molar-refractivity contribution < 1.29 is 9.52 Å². The summed E-state index contributed by atoms with van der Waals surface area (Å²) in [4.78, 5) is 0. The number of hydrogen-bond acceptors (Lipinski definition) is 2. The van der Waals surface area contributed by atoms with Crippen LogP contribution in [0.15, 0.2) is 34.7 Å². The van der Waals surface area contributed by atoms with E-state index >= 15 is 0 Å². The highest BCUT2D eigenvalue weighted by atomic mass is 16.3. The highest BCUT2D eigenvalue weighted by molar-refractivity contribution is 5.77. The fraction of sp³-hybridized carbons (Fsp3) is 0.273. The van der Waals surface area contributed by atoms with Gasteiger partial charge in [-0.3, -0.25) is 0 Å². The third-order valence-electron chi connectivity index (χ3n) is 2.20. The third-order valence-corrected chi connectivity index (χ3v) is 2.20. The van der Waals surface area contributed by atoms with E-state index in [0.717, 1.165) is 16.7 Å². The van der Waals surface area contributed by atoms with E-state index in [4.69, 9.17) is 9.52 Å². The van der Waals surface area contributed by atoms with Gasteiger partial charge in [-0.15, -0.1) is 0 Å². The van der Waals surface area contributed by atoms with Crippen molar-refractivity contribution in [2.45, 2.75) is 12.8 Å². The molecule has 0 fully saturated rings. The number of aliphatic hydroxyl groups is 1. The third kappa shape index (κ3) is 1.45. The maximum Gasteiger partial charge on any atom is 0.134 e. The van der Waals surface area contributed by atoms with E-state index in [1.165, 1.54) is 0 Å². The molecule has 1 unspecified atom stereocenters. The molecule has 0 radical (unpaired) electrons. The molecule has 2 aromatic rings. The second-order valence-electron chi connectivity index (χ2n) is 3.27. The summed E-state index contributed by atoms with van der Waals surface area (Å²) >= 11 is 0. The Morgan fingerprint density at radius 2 is 2.15 bits per heavy atom. The lowest BCUT2D eigenvalue weighted by molar-refractivity contribution is 0.259. The lowest BCUT2D eigenvalue weighted by Gasteiger charge is -2.00. The maximum absolute atomic E-state index is 8.95. The first-order chi connectivity index (χ1) is 6.31. The van der Waals surface area contributed by atoms with E-state index in [-0.39, 0.29) is 12.5 Å². The molecule has 1 aromatic carbocycles. The molecule has 0 aliphatic heterocycles. The number of para-hydroxylation sites is 1. The molecule has 1 heterocycles. The molecule has 0 spiro atoms. The highest BCUT2D eigenvalue weighted by Gasteiger charge is 2.09. The van der Waals surface area contributed by atoms with Crippen molar-refractivity contribution in [3.05, 3.63) is 36.1 Å². The number of benzene rings is 1. The second-order valence-corrected chi connectivity index (χ2v) is 3.27. The van der Waals surface area contributed by atoms with E-state index < -0.39 is 0 Å². The van der Waals surface area contributed by atoms with Crippen LogP contribution >= 0.6 is 0 Å². The zero-order valence-electron chi connectivity index (χ0n) is 7.53. The zero-order valence-corrected chi connectivity index (χ0v) is 7.53. The minimum absolute atomic E-state index is 0.0763. The Morgan fingerprint density at radius 3 is 2.85 bits per heavy atom. The molecule has 0 amide bonds. The lowest BCUT2D eigenvalue weighted by atomic mass is 10.1. The Labute approximate surface area is 76.8 Å². The first-order valence-corrected chi connectivity index (χ1v) is 4.40. The summed E-state index contributed by atoms with van der Waals surface area (Å²) in [5.74, 6) is 0.927. The van der Waals surface area contributed by atoms with Crippen molar-refractivity contribution >= 4 is 11.0 Å². The molecule has 68 valence electrons. The van der Waals surface area contributed by atoms with E-state index in [2.05, 4.69) is 0 Å². The topological polar surface area (TPSA) is 33.4 Å². The Bertz CT molecular complexity index is 370. The molecule has 0 bridgehead atoms. The average Bonchev–Trinajstić information content (AvgIpc) is 2.59. The van der Waals surface area contributed by atoms with Gasteiger partial charge in [-0.1, -0.05) is 25.1 Å². The lowest BCUT2D eigenvalue weighted by Crippen LogP contribution is -1.95. The van der Waals surface area contributed by atoms with Crippen LogP contribution in [0.2, 0.25) is 0 Å². The van der Waals surface area contributed by atoms with Gasteiger partial charge in [0.05, 0.1) is 6.61 Å². The molecule has 0 saturated carbocycles. The van der Waals surface area contributed by atoms with Crippen LogP contribution in [0.4, 0.5) is 0 Å². The number of aliphatic hydroxyl groups excluding tert-OH is 1. The summed E-state index contributed by atoms with van der Waals surface area (Å²) in [5.41, 5.74) is 0.887. The minimum atomic E-state index is 0.0763. The molecule has 1 N–H and O–H groups in total. The number of hydrogen-bond donors (Lipinski definition) is 1. The van der Waals surface area contributed by atoms with Gasteiger partial charge in [-0.2, -0.15) is 0 Å². The molecule has 1 aromatic heterocycles. The van der Waals surface area contributed by atoms with Gasteiger partial charge in [0, 0.05) is 11.3 Å². The molecular weight excluding hydrogens is 164 g/mol. The highest BCUT2D eigenvalue weighted by Crippen LogP contribution is 2.24. The Kier molecular flexibility index (Phi) is 2.07. The first kappa shape index (κ1) is 8.32. The van der Waals surface area contributed by atoms with Crippen LogP contribution in [-0.2, 0) is 0 Å². The molecule has 1 atom stereocenters. The van der Waals surface area contributed by atoms with Crippen molar-refractivity contribution in [1.29, 1.82) is 0 Å². The standard InChI is InChI=1S/C11H12O2/c1-8(7-12)11-6-9-4-2-3-5-10(9)13-11/h2-6,8,12H,7H2,1H3. The van der Waals surface area contributed by atoms with E-state index in [0.29, 0.717) is 0 Å². The Balaban J connectivity index is 2.49. The predicted molar refractivity (Wildman–Crippen MR) is 51.7 cm³/mol. The second kappa shape index (κ2) is 3.23. The van der Waals surface area contributed by atoms with Crippen LogP contribution in [0.3, 0.4) is 0 Å². The van der Waals surface area contributed by atoms with Gasteiger partial charge in [-0.25, -0.2) is 0 Å². The smallest absolute Gasteiger partial charge is 0.134 e. The molecule has 2 heteroatoms. The van der Waals surface area contributed by atoms with Crippen molar-refractivity contribution in [3.63, 3.8) is 0 Å². The van der Waals surface area contributed by atoms with Crippen LogP contribution in [0.5, 0.6) is 0 Å². The van der Waals surface area contributed by atoms with Crippen molar-refractivity contribution in [2.24, 2.45) is 0 Å². The fourth-order valence-electron chi connectivity index (χ4n) is 1.34. The van der Waals surface area contributed by atoms with Gasteiger partial charge in [0.1, 0.15) is 11.3 Å². The zero-order chi connectivity index (χ0) is 9.26. The largest absolute Gasteiger partial charge is 0.461 e. The number of fused-ring (bicyclic) bond motifs is 1. The normalized spacial score (nSPS) is 13.4. The van der Waals surface area contributed by atoms with Crippen molar-refractivity contribution in [2.75, 3.05) is 6.61 Å². The van der Waals surface area contributed by atoms with E-state index in [1.54, 1.807) is 0 Å². The minimum Gasteiger partial charge on any atom is -0.461 e. The van der Waals surface area contributed by atoms with Crippen LogP contribution in [0.1, 0.15) is 18.6 Å². The van der Waals surface area contributed by atoms with Gasteiger partial charge < -0.3 is 9.52 Å². The Morgan fingerprint density at radius 1 is 1.38 bits per heavy atom. The summed E-state index contributed by atoms with van der Waals surface area (Å²) in [7, 11) is 0. The van der Waals surface area contributed by atoms with E-state index in [9.17, 15) is 0 Å². The van der Waals surface area contributed by atoms with Gasteiger partial charge in [0.25, 0.3) is 0 Å². The maximum atomic E-state index is 8.95. The summed E-state index contributed by atoms with van der Waals surface area (Å²) < 4.78 is 5.56. The van der Waals surface area contributed by atoms with Gasteiger partial charge >= 0.3 is 0 Å². The molecule has 13 heavy (non-hydrogen) atoms. The van der Waals surface area contributed by atoms with E-state index in [1.807, 2.05) is 37.3 Å². The first-order valence-electron chi connectivity index (χ1n) is 4.40. The molecule has 2 nitrogen and oxygen atoms in total. The van der Waals surface area contributed by atoms with Crippen LogP contribution in [0.25, 0.3) is 11.0 Å². The summed E-state index contributed by atoms with van der Waals surface area (Å²) in [6.07, 6.45) is 0. The van der Waals surface area contributed by atoms with Crippen LogP contribution in [-0.4, -0.2) is 11.7 Å². The monoisotopic (exact) mass is 176 g/mol. The fourth-order valence-corrected chi connectivity index (χ4v) is 1.34. The molecule has 0 saturated heterocycles. The number of furan rings is 1. The summed E-state index contributed by atoms with van der Waals surface area (Å²) in [6.45, 7) is 2.07. The van der Waals surface area contributed by atoms with Gasteiger partial charge in [0.2, 0.25) is 0 Å². The van der Waals surface area contributed by atoms with Crippen LogP contribution < -0.4 is 0 Å². The summed E-state index contributed by atoms with van der Waals surface area (Å²) in [5, 5.41) is 10.0.